The molecule has 0 bridgehead atoms. The topological polar surface area (TPSA) is 87.2 Å². The predicted molar refractivity (Wildman–Crippen MR) is 74.2 cm³/mol. The van der Waals surface area contributed by atoms with Gasteiger partial charge in [0.25, 0.3) is 10.0 Å². The summed E-state index contributed by atoms with van der Waals surface area (Å²) in [7, 11) is -1.87. The second kappa shape index (κ2) is 5.59. The summed E-state index contributed by atoms with van der Waals surface area (Å²) in [6.45, 7) is 0. The van der Waals surface area contributed by atoms with E-state index in [1.165, 1.54) is 10.4 Å². The maximum atomic E-state index is 12.4. The van der Waals surface area contributed by atoms with Crippen LogP contribution in [0.2, 0.25) is 0 Å². The molecule has 19 heavy (non-hydrogen) atoms. The van der Waals surface area contributed by atoms with Crippen LogP contribution in [0.1, 0.15) is 30.6 Å². The zero-order valence-electron chi connectivity index (χ0n) is 10.7. The molecule has 1 saturated carbocycles. The first kappa shape index (κ1) is 14.5. The van der Waals surface area contributed by atoms with Crippen LogP contribution in [0.5, 0.6) is 0 Å². The smallest absolute Gasteiger partial charge is 0.252 e. The van der Waals surface area contributed by atoms with Crippen LogP contribution < -0.4 is 5.73 Å². The van der Waals surface area contributed by atoms with Gasteiger partial charge in [0.1, 0.15) is 15.2 Å². The van der Waals surface area contributed by atoms with Crippen molar-refractivity contribution in [1.29, 1.82) is 5.26 Å². The maximum Gasteiger partial charge on any atom is 0.252 e. The highest BCUT2D eigenvalue weighted by atomic mass is 32.2. The minimum absolute atomic E-state index is 0.0115. The molecule has 0 radical (unpaired) electrons. The number of nitrogens with two attached hydrogens (primary N) is 1. The van der Waals surface area contributed by atoms with Crippen molar-refractivity contribution >= 4 is 21.4 Å². The van der Waals surface area contributed by atoms with Crippen molar-refractivity contribution in [3.8, 4) is 6.07 Å². The molecule has 1 aliphatic carbocycles. The Morgan fingerprint density at radius 1 is 1.37 bits per heavy atom. The minimum atomic E-state index is -3.49. The van der Waals surface area contributed by atoms with E-state index in [2.05, 4.69) is 0 Å². The lowest BCUT2D eigenvalue weighted by Crippen LogP contribution is -2.41. The van der Waals surface area contributed by atoms with Crippen LogP contribution in [-0.2, 0) is 10.0 Å². The van der Waals surface area contributed by atoms with Crippen molar-refractivity contribution in [2.75, 3.05) is 7.05 Å². The molecule has 1 fully saturated rings. The van der Waals surface area contributed by atoms with E-state index >= 15 is 0 Å². The maximum absolute atomic E-state index is 12.4. The second-order valence-corrected chi connectivity index (χ2v) is 8.13. The highest BCUT2D eigenvalue weighted by Crippen LogP contribution is 2.29. The molecule has 0 amide bonds. The van der Waals surface area contributed by atoms with E-state index in [4.69, 9.17) is 11.0 Å². The summed E-state index contributed by atoms with van der Waals surface area (Å²) < 4.78 is 26.5. The predicted octanol–water partition coefficient (Wildman–Crippen LogP) is 1.51. The number of nitrogens with zero attached hydrogens (tertiary/aromatic N) is 2. The van der Waals surface area contributed by atoms with Gasteiger partial charge in [-0.3, -0.25) is 0 Å². The summed E-state index contributed by atoms with van der Waals surface area (Å²) in [6.07, 6.45) is 3.32. The third-order valence-corrected chi connectivity index (χ3v) is 6.95. The molecule has 0 aliphatic heterocycles. The normalized spacial score (nSPS) is 24.3. The summed E-state index contributed by atoms with van der Waals surface area (Å²) in [5.41, 5.74) is 5.84. The fourth-order valence-corrected chi connectivity index (χ4v) is 5.03. The number of rotatable bonds is 3. The van der Waals surface area contributed by atoms with Gasteiger partial charge in [0.05, 0.1) is 0 Å². The fourth-order valence-electron chi connectivity index (χ4n) is 2.32. The largest absolute Gasteiger partial charge is 0.328 e. The summed E-state index contributed by atoms with van der Waals surface area (Å²) >= 11 is 1.02. The van der Waals surface area contributed by atoms with Gasteiger partial charge in [0, 0.05) is 19.1 Å². The number of hydrogen-bond donors (Lipinski definition) is 1. The highest BCUT2D eigenvalue weighted by Gasteiger charge is 2.31. The molecular weight excluding hydrogens is 282 g/mol. The average molecular weight is 299 g/mol. The van der Waals surface area contributed by atoms with E-state index in [0.29, 0.717) is 4.88 Å². The molecular formula is C12H17N3O2S2. The van der Waals surface area contributed by atoms with Gasteiger partial charge >= 0.3 is 0 Å². The minimum Gasteiger partial charge on any atom is -0.328 e. The molecule has 0 aromatic carbocycles. The highest BCUT2D eigenvalue weighted by molar-refractivity contribution is 7.91. The SMILES string of the molecule is CN(C1CCC(N)CC1)S(=O)(=O)c1ccc(C#N)s1. The van der Waals surface area contributed by atoms with E-state index in [-0.39, 0.29) is 16.3 Å². The van der Waals surface area contributed by atoms with Gasteiger partial charge in [-0.05, 0) is 37.8 Å². The standard InChI is InChI=1S/C12H17N3O2S2/c1-15(10-4-2-9(14)3-5-10)19(16,17)12-7-6-11(8-13)18-12/h6-7,9-10H,2-5,14H2,1H3. The molecule has 1 aromatic rings. The summed E-state index contributed by atoms with van der Waals surface area (Å²) in [4.78, 5) is 0.414. The van der Waals surface area contributed by atoms with Crippen LogP contribution in [0, 0.1) is 11.3 Å². The molecule has 1 aromatic heterocycles. The van der Waals surface area contributed by atoms with Crippen LogP contribution in [0.4, 0.5) is 0 Å². The zero-order valence-corrected chi connectivity index (χ0v) is 12.4. The number of nitriles is 1. The van der Waals surface area contributed by atoms with Gasteiger partial charge in [-0.15, -0.1) is 11.3 Å². The van der Waals surface area contributed by atoms with Crippen LogP contribution in [0.3, 0.4) is 0 Å². The Labute approximate surface area is 117 Å². The second-order valence-electron chi connectivity index (χ2n) is 4.82. The molecule has 0 saturated heterocycles. The van der Waals surface area contributed by atoms with Gasteiger partial charge < -0.3 is 5.73 Å². The quantitative estimate of drug-likeness (QED) is 0.916. The van der Waals surface area contributed by atoms with Crippen LogP contribution in [-0.4, -0.2) is 31.9 Å². The van der Waals surface area contributed by atoms with E-state index in [1.54, 1.807) is 13.1 Å². The van der Waals surface area contributed by atoms with E-state index in [0.717, 1.165) is 37.0 Å². The Bertz CT molecular complexity index is 580. The van der Waals surface area contributed by atoms with Crippen molar-refractivity contribution in [1.82, 2.24) is 4.31 Å². The van der Waals surface area contributed by atoms with Crippen molar-refractivity contribution in [2.45, 2.75) is 42.0 Å². The molecule has 104 valence electrons. The Morgan fingerprint density at radius 2 is 2.00 bits per heavy atom. The van der Waals surface area contributed by atoms with Gasteiger partial charge in [0.15, 0.2) is 0 Å². The summed E-state index contributed by atoms with van der Waals surface area (Å²) in [5, 5.41) is 8.77. The Kier molecular flexibility index (Phi) is 4.26. The lowest BCUT2D eigenvalue weighted by molar-refractivity contribution is 0.269. The van der Waals surface area contributed by atoms with Crippen molar-refractivity contribution in [2.24, 2.45) is 5.73 Å². The molecule has 2 N–H and O–H groups in total. The monoisotopic (exact) mass is 299 g/mol. The van der Waals surface area contributed by atoms with Crippen molar-refractivity contribution in [3.05, 3.63) is 17.0 Å². The van der Waals surface area contributed by atoms with Crippen LogP contribution >= 0.6 is 11.3 Å². The Balaban J connectivity index is 2.17. The third-order valence-electron chi connectivity index (χ3n) is 3.58. The summed E-state index contributed by atoms with van der Waals surface area (Å²) in [5.74, 6) is 0. The molecule has 0 spiro atoms. The number of hydrogen-bond acceptors (Lipinski definition) is 5. The first-order valence-electron chi connectivity index (χ1n) is 6.18. The average Bonchev–Trinajstić information content (AvgIpc) is 2.88. The number of thiophene rings is 1. The van der Waals surface area contributed by atoms with Crippen molar-refractivity contribution < 1.29 is 8.42 Å². The molecule has 0 unspecified atom stereocenters. The van der Waals surface area contributed by atoms with Crippen molar-refractivity contribution in [3.63, 3.8) is 0 Å². The van der Waals surface area contributed by atoms with Crippen LogP contribution in [0.25, 0.3) is 0 Å². The van der Waals surface area contributed by atoms with E-state index in [1.807, 2.05) is 6.07 Å². The molecule has 1 aliphatic rings. The molecule has 0 atom stereocenters. The lowest BCUT2D eigenvalue weighted by Gasteiger charge is -2.32. The molecule has 5 nitrogen and oxygen atoms in total. The Hall–Kier alpha value is -0.940. The first-order valence-corrected chi connectivity index (χ1v) is 8.44. The number of sulfonamides is 1. The first-order chi connectivity index (χ1) is 8.95. The fraction of sp³-hybridized carbons (Fsp3) is 0.583. The van der Waals surface area contributed by atoms with Crippen LogP contribution in [0.15, 0.2) is 16.3 Å². The zero-order chi connectivity index (χ0) is 14.0. The molecule has 1 heterocycles. The van der Waals surface area contributed by atoms with E-state index < -0.39 is 10.0 Å². The van der Waals surface area contributed by atoms with E-state index in [9.17, 15) is 8.42 Å². The molecule has 7 heteroatoms. The lowest BCUT2D eigenvalue weighted by atomic mass is 9.92. The van der Waals surface area contributed by atoms with Gasteiger partial charge in [-0.2, -0.15) is 9.57 Å². The summed E-state index contributed by atoms with van der Waals surface area (Å²) in [6, 6.07) is 5.22. The van der Waals surface area contributed by atoms with Gasteiger partial charge in [0.2, 0.25) is 0 Å². The molecule has 2 rings (SSSR count). The third kappa shape index (κ3) is 2.98. The van der Waals surface area contributed by atoms with Gasteiger partial charge in [-0.1, -0.05) is 0 Å². The van der Waals surface area contributed by atoms with Gasteiger partial charge in [-0.25, -0.2) is 8.42 Å². The Morgan fingerprint density at radius 3 is 2.53 bits per heavy atom.